The third kappa shape index (κ3) is 7.50. The number of aromatic nitrogens is 3. The van der Waals surface area contributed by atoms with E-state index < -0.39 is 26.0 Å². The first-order valence-electron chi connectivity index (χ1n) is 14.6. The summed E-state index contributed by atoms with van der Waals surface area (Å²) >= 11 is 0. The Balaban J connectivity index is 1.42. The van der Waals surface area contributed by atoms with Crippen molar-refractivity contribution in [3.05, 3.63) is 84.1 Å². The number of halogens is 1. The number of anilines is 1. The molecule has 3 N–H and O–H groups in total. The number of amides is 3. The smallest absolute Gasteiger partial charge is 0.407 e. The zero-order valence-electron chi connectivity index (χ0n) is 25.1. The number of hydrogen-bond donors (Lipinski definition) is 3. The molecule has 10 nitrogen and oxygen atoms in total. The third-order valence-corrected chi connectivity index (χ3v) is 9.21. The van der Waals surface area contributed by atoms with Gasteiger partial charge in [0.1, 0.15) is 24.5 Å². The van der Waals surface area contributed by atoms with Crippen molar-refractivity contribution in [2.45, 2.75) is 45.4 Å². The minimum atomic E-state index is -1.26. The van der Waals surface area contributed by atoms with Crippen LogP contribution in [0.25, 0.3) is 27.9 Å². The molecule has 44 heavy (non-hydrogen) atoms. The van der Waals surface area contributed by atoms with Gasteiger partial charge in [-0.05, 0) is 36.2 Å². The molecule has 0 fully saturated rings. The normalized spacial score (nSPS) is 13.5. The van der Waals surface area contributed by atoms with Gasteiger partial charge in [-0.3, -0.25) is 0 Å². The first-order chi connectivity index (χ1) is 21.1. The van der Waals surface area contributed by atoms with Crippen LogP contribution in [0.15, 0.2) is 67.1 Å². The van der Waals surface area contributed by atoms with Crippen molar-refractivity contribution < 1.29 is 23.8 Å². The first-order valence-corrected chi connectivity index (χ1v) is 18.3. The molecule has 230 valence electrons. The summed E-state index contributed by atoms with van der Waals surface area (Å²) in [4.78, 5) is 34.3. The number of nitrogens with one attached hydrogen (secondary N) is 2. The number of hydrogen-bond acceptors (Lipinski definition) is 5. The lowest BCUT2D eigenvalue weighted by molar-refractivity contribution is 0.0898. The maximum atomic E-state index is 15.4. The molecule has 5 rings (SSSR count). The molecule has 0 saturated heterocycles. The van der Waals surface area contributed by atoms with E-state index >= 15 is 4.39 Å². The minimum Gasteiger partial charge on any atom is -0.465 e. The number of carbonyl (C=O) groups excluding carboxylic acids is 1. The molecule has 3 heterocycles. The first kappa shape index (κ1) is 30.9. The van der Waals surface area contributed by atoms with Gasteiger partial charge in [-0.15, -0.1) is 0 Å². The van der Waals surface area contributed by atoms with Crippen LogP contribution in [-0.4, -0.2) is 64.4 Å². The minimum absolute atomic E-state index is 0.00726. The van der Waals surface area contributed by atoms with E-state index in [1.165, 1.54) is 17.3 Å². The van der Waals surface area contributed by atoms with Crippen LogP contribution in [0.5, 0.6) is 0 Å². The molecule has 12 heteroatoms. The molecule has 1 aliphatic rings. The number of para-hydroxylation sites is 1. The number of rotatable bonds is 10. The molecule has 4 aromatic rings. The van der Waals surface area contributed by atoms with Crippen molar-refractivity contribution in [1.29, 1.82) is 0 Å². The number of ether oxygens (including phenoxy) is 1. The molecule has 2 aromatic carbocycles. The zero-order chi connectivity index (χ0) is 31.3. The summed E-state index contributed by atoms with van der Waals surface area (Å²) in [6.45, 7) is 8.50. The van der Waals surface area contributed by atoms with E-state index in [0.29, 0.717) is 54.5 Å². The van der Waals surface area contributed by atoms with Gasteiger partial charge < -0.3 is 29.9 Å². The van der Waals surface area contributed by atoms with Crippen molar-refractivity contribution in [2.24, 2.45) is 0 Å². The van der Waals surface area contributed by atoms with E-state index in [2.05, 4.69) is 40.2 Å². The van der Waals surface area contributed by atoms with E-state index in [-0.39, 0.29) is 13.1 Å². The summed E-state index contributed by atoms with van der Waals surface area (Å²) in [7, 11) is -1.26. The number of benzene rings is 2. The highest BCUT2D eigenvalue weighted by Gasteiger charge is 2.23. The molecule has 3 amide bonds. The van der Waals surface area contributed by atoms with Crippen molar-refractivity contribution in [1.82, 2.24) is 24.8 Å². The largest absolute Gasteiger partial charge is 0.465 e. The van der Waals surface area contributed by atoms with Crippen LogP contribution in [0.2, 0.25) is 25.7 Å². The van der Waals surface area contributed by atoms with Gasteiger partial charge in [-0.2, -0.15) is 0 Å². The van der Waals surface area contributed by atoms with Gasteiger partial charge in [0.15, 0.2) is 0 Å². The van der Waals surface area contributed by atoms with Crippen LogP contribution in [0, 0.1) is 5.82 Å². The Morgan fingerprint density at radius 2 is 1.91 bits per heavy atom. The highest BCUT2D eigenvalue weighted by atomic mass is 28.3. The van der Waals surface area contributed by atoms with E-state index in [1.54, 1.807) is 24.3 Å². The fourth-order valence-electron chi connectivity index (χ4n) is 5.02. The maximum Gasteiger partial charge on any atom is 0.407 e. The Hall–Kier alpha value is -4.55. The van der Waals surface area contributed by atoms with E-state index in [4.69, 9.17) is 4.74 Å². The molecule has 1 aliphatic heterocycles. The Morgan fingerprint density at radius 3 is 2.59 bits per heavy atom. The SMILES string of the molecule is C[Si](C)(C)CCOCn1cc(C2=CCN(C(=O)O)CC2)c2c(-c3ccc(CNC(=O)Nc4ccccc4)c(F)c3)ncnc21. The van der Waals surface area contributed by atoms with Gasteiger partial charge in [-0.1, -0.05) is 56.0 Å². The fourth-order valence-corrected chi connectivity index (χ4v) is 5.78. The Bertz CT molecular complexity index is 1690. The molecule has 0 radical (unpaired) electrons. The monoisotopic (exact) mass is 616 g/mol. The van der Waals surface area contributed by atoms with Crippen LogP contribution in [0.4, 0.5) is 19.7 Å². The van der Waals surface area contributed by atoms with Crippen LogP contribution in [-0.2, 0) is 18.0 Å². The average Bonchev–Trinajstić information content (AvgIpc) is 3.37. The van der Waals surface area contributed by atoms with Crippen LogP contribution >= 0.6 is 0 Å². The Kier molecular flexibility index (Phi) is 9.40. The second-order valence-corrected chi connectivity index (χ2v) is 17.6. The standard InChI is InChI=1S/C32H37FN6O4Si/c1-44(2,3)16-15-43-21-39-19-26(22-11-13-38(14-12-22)32(41)42)28-29(35-20-36-30(28)39)23-9-10-24(27(33)17-23)18-34-31(40)37-25-7-5-4-6-8-25/h4-11,17,19-20H,12-16,18,21H2,1-3H3,(H,41,42)(H2,34,37,40). The van der Waals surface area contributed by atoms with Crippen LogP contribution in [0.1, 0.15) is 17.5 Å². The predicted octanol–water partition coefficient (Wildman–Crippen LogP) is 6.64. The molecule has 0 saturated carbocycles. The maximum absolute atomic E-state index is 15.4. The molecule has 0 atom stereocenters. The number of carboxylic acid groups (broad SMARTS) is 1. The lowest BCUT2D eigenvalue weighted by Crippen LogP contribution is -2.33. The summed E-state index contributed by atoms with van der Waals surface area (Å²) < 4.78 is 23.4. The van der Waals surface area contributed by atoms with Crippen molar-refractivity contribution in [3.8, 4) is 11.3 Å². The van der Waals surface area contributed by atoms with Crippen LogP contribution < -0.4 is 10.6 Å². The van der Waals surface area contributed by atoms with Crippen molar-refractivity contribution in [2.75, 3.05) is 25.0 Å². The van der Waals surface area contributed by atoms with Gasteiger partial charge >= 0.3 is 12.1 Å². The molecular formula is C32H37FN6O4Si. The second kappa shape index (κ2) is 13.4. The van der Waals surface area contributed by atoms with Gasteiger partial charge in [0, 0.05) is 62.9 Å². The predicted molar refractivity (Wildman–Crippen MR) is 172 cm³/mol. The number of nitrogens with zero attached hydrogens (tertiary/aromatic N) is 4. The molecule has 0 aliphatic carbocycles. The van der Waals surface area contributed by atoms with Gasteiger partial charge in [-0.25, -0.2) is 23.9 Å². The van der Waals surface area contributed by atoms with Gasteiger partial charge in [0.05, 0.1) is 11.1 Å². The van der Waals surface area contributed by atoms with E-state index in [0.717, 1.165) is 22.6 Å². The lowest BCUT2D eigenvalue weighted by Gasteiger charge is -2.23. The summed E-state index contributed by atoms with van der Waals surface area (Å²) in [5.41, 5.74) is 4.61. The highest BCUT2D eigenvalue weighted by molar-refractivity contribution is 6.76. The molecule has 0 spiro atoms. The van der Waals surface area contributed by atoms with Crippen molar-refractivity contribution >= 4 is 42.5 Å². The number of carbonyl (C=O) groups is 2. The number of fused-ring (bicyclic) bond motifs is 1. The number of urea groups is 1. The quantitative estimate of drug-likeness (QED) is 0.136. The van der Waals surface area contributed by atoms with E-state index in [9.17, 15) is 14.7 Å². The molecule has 2 aromatic heterocycles. The topological polar surface area (TPSA) is 122 Å². The summed E-state index contributed by atoms with van der Waals surface area (Å²) in [6.07, 6.45) is 4.92. The second-order valence-electron chi connectivity index (χ2n) is 12.0. The summed E-state index contributed by atoms with van der Waals surface area (Å²) in [5.74, 6) is -0.473. The Labute approximate surface area is 256 Å². The average molecular weight is 617 g/mol. The fraction of sp³-hybridized carbons (Fsp3) is 0.312. The zero-order valence-corrected chi connectivity index (χ0v) is 26.1. The molecular weight excluding hydrogens is 579 g/mol. The summed E-state index contributed by atoms with van der Waals surface area (Å²) in [6, 6.07) is 14.5. The Morgan fingerprint density at radius 1 is 1.11 bits per heavy atom. The molecule has 0 bridgehead atoms. The van der Waals surface area contributed by atoms with E-state index in [1.807, 2.05) is 35.0 Å². The summed E-state index contributed by atoms with van der Waals surface area (Å²) in [5, 5.41) is 15.6. The van der Waals surface area contributed by atoms with Crippen molar-refractivity contribution in [3.63, 3.8) is 0 Å². The van der Waals surface area contributed by atoms with Gasteiger partial charge in [0.25, 0.3) is 0 Å². The van der Waals surface area contributed by atoms with Gasteiger partial charge in [0.2, 0.25) is 0 Å². The van der Waals surface area contributed by atoms with Crippen LogP contribution in [0.3, 0.4) is 0 Å². The third-order valence-electron chi connectivity index (χ3n) is 7.50. The molecule has 0 unspecified atom stereocenters. The highest BCUT2D eigenvalue weighted by Crippen LogP contribution is 2.36. The lowest BCUT2D eigenvalue weighted by atomic mass is 9.97.